The first-order valence-electron chi connectivity index (χ1n) is 27.1. The molecule has 4 amide bonds. The highest BCUT2D eigenvalue weighted by Gasteiger charge is 2.40. The molecule has 0 fully saturated rings. The number of nitrogens with zero attached hydrogens (tertiary/aromatic N) is 2. The molecule has 10 rings (SSSR count). The highest BCUT2D eigenvalue weighted by molar-refractivity contribution is 6.45. The quantitative estimate of drug-likeness (QED) is 0.0372. The van der Waals surface area contributed by atoms with Crippen LogP contribution in [0.1, 0.15) is 203 Å². The SMILES string of the molecule is CCCCCCCCN1C(=O)c2ccc3c4c(Oc5cc(C(C)(C)C)cc(C(C)(C)C)c5)cc5c6c(ccc(c7c(Oc8cc(C(C)(C)C)cc(C(C)(C)C)c8)cc(c2c37)C1=O)c64)C(=O)N(c1ccc(C=O)cc1)C5=O. The number of carbonyl (C=O) groups is 5. The second kappa shape index (κ2) is 18.7. The fraction of sp³-hybridized carbons (Fsp3) is 0.358. The summed E-state index contributed by atoms with van der Waals surface area (Å²) >= 11 is 0. The molecule has 9 nitrogen and oxygen atoms in total. The van der Waals surface area contributed by atoms with Gasteiger partial charge < -0.3 is 9.47 Å². The number of amides is 4. The van der Waals surface area contributed by atoms with E-state index in [2.05, 4.69) is 114 Å². The van der Waals surface area contributed by atoms with Crippen molar-refractivity contribution in [3.63, 3.8) is 0 Å². The van der Waals surface area contributed by atoms with Gasteiger partial charge in [-0.25, -0.2) is 4.90 Å². The lowest BCUT2D eigenvalue weighted by atomic mass is 9.80. The fourth-order valence-electron chi connectivity index (χ4n) is 11.1. The molecule has 0 saturated heterocycles. The van der Waals surface area contributed by atoms with Crippen LogP contribution in [0.5, 0.6) is 23.0 Å². The van der Waals surface area contributed by atoms with Crippen LogP contribution in [-0.4, -0.2) is 41.4 Å². The van der Waals surface area contributed by atoms with E-state index in [-0.39, 0.29) is 39.0 Å². The molecule has 0 N–H and O–H groups in total. The van der Waals surface area contributed by atoms with Gasteiger partial charge >= 0.3 is 0 Å². The van der Waals surface area contributed by atoms with Crippen LogP contribution in [0, 0.1) is 0 Å². The highest BCUT2D eigenvalue weighted by atomic mass is 16.5. The Morgan fingerprint density at radius 2 is 0.816 bits per heavy atom. The molecule has 0 bridgehead atoms. The zero-order valence-electron chi connectivity index (χ0n) is 46.5. The molecular weight excluding hydrogens is 945 g/mol. The predicted molar refractivity (Wildman–Crippen MR) is 307 cm³/mol. The van der Waals surface area contributed by atoms with E-state index in [0.717, 1.165) is 65.5 Å². The number of rotatable bonds is 13. The summed E-state index contributed by atoms with van der Waals surface area (Å²) in [6.45, 7) is 28.5. The van der Waals surface area contributed by atoms with E-state index in [0.29, 0.717) is 107 Å². The van der Waals surface area contributed by atoms with Crippen molar-refractivity contribution in [2.45, 2.75) is 150 Å². The van der Waals surface area contributed by atoms with Crippen molar-refractivity contribution in [2.24, 2.45) is 0 Å². The van der Waals surface area contributed by atoms with Gasteiger partial charge in [0.2, 0.25) is 0 Å². The van der Waals surface area contributed by atoms with E-state index >= 15 is 9.59 Å². The Labute approximate surface area is 446 Å². The average Bonchev–Trinajstić information content (AvgIpc) is 3.42. The molecule has 9 heteroatoms. The fourth-order valence-corrected chi connectivity index (χ4v) is 11.1. The average molecular weight is 1020 g/mol. The van der Waals surface area contributed by atoms with Gasteiger partial charge in [-0.2, -0.15) is 0 Å². The standard InChI is InChI=1S/C67H70N2O7/c1-14-15-16-17-18-19-28-68-60(71)48-26-24-46-57-53(76-45-33-41(66(8,9)10)30-42(34-45)67(11,12)13)36-51-55-49(62(73)69(63(51)74)43-22-20-38(37-70)21-23-43)27-25-47(59(55)57)56-52(35-50(61(68)72)54(48)58(46)56)75-44-31-39(64(2,3)4)29-40(32-44)65(5,6)7/h20-27,29-37H,14-19,28H2,1-13H3. The van der Waals surface area contributed by atoms with Gasteiger partial charge in [-0.3, -0.25) is 28.9 Å². The second-order valence-corrected chi connectivity index (χ2v) is 25.3. The highest BCUT2D eigenvalue weighted by Crippen LogP contribution is 2.54. The molecule has 0 saturated carbocycles. The van der Waals surface area contributed by atoms with Gasteiger partial charge in [0.15, 0.2) is 0 Å². The maximum absolute atomic E-state index is 15.3. The minimum absolute atomic E-state index is 0.233. The molecule has 390 valence electrons. The zero-order valence-corrected chi connectivity index (χ0v) is 46.5. The Balaban J connectivity index is 1.31. The van der Waals surface area contributed by atoms with Crippen LogP contribution in [-0.2, 0) is 21.7 Å². The topological polar surface area (TPSA) is 110 Å². The van der Waals surface area contributed by atoms with E-state index in [1.165, 1.54) is 4.90 Å². The number of carbonyl (C=O) groups excluding carboxylic acids is 5. The number of hydrogen-bond donors (Lipinski definition) is 0. The molecule has 0 atom stereocenters. The van der Waals surface area contributed by atoms with Crippen LogP contribution in [0.3, 0.4) is 0 Å². The first-order chi connectivity index (χ1) is 35.8. The molecule has 2 heterocycles. The van der Waals surface area contributed by atoms with Crippen molar-refractivity contribution in [2.75, 3.05) is 11.4 Å². The Kier molecular flexibility index (Phi) is 12.8. The number of ether oxygens (including phenoxy) is 2. The molecular formula is C67H70N2O7. The van der Waals surface area contributed by atoms with Crippen molar-refractivity contribution >= 4 is 78.7 Å². The third kappa shape index (κ3) is 8.99. The molecule has 8 aromatic rings. The number of hydrogen-bond acceptors (Lipinski definition) is 7. The number of anilines is 1. The summed E-state index contributed by atoms with van der Waals surface area (Å²) in [5.74, 6) is 0.144. The number of aldehydes is 1. The molecule has 0 aromatic heterocycles. The summed E-state index contributed by atoms with van der Waals surface area (Å²) in [6.07, 6.45) is 6.74. The normalized spacial score (nSPS) is 14.3. The van der Waals surface area contributed by atoms with Crippen molar-refractivity contribution < 1.29 is 33.4 Å². The van der Waals surface area contributed by atoms with Crippen LogP contribution in [0.4, 0.5) is 5.69 Å². The Bertz CT molecular complexity index is 3660. The van der Waals surface area contributed by atoms with Gasteiger partial charge in [0.1, 0.15) is 29.3 Å². The van der Waals surface area contributed by atoms with E-state index < -0.39 is 11.8 Å². The molecule has 2 aliphatic rings. The lowest BCUT2D eigenvalue weighted by molar-refractivity contribution is 0.0606. The molecule has 2 aliphatic heterocycles. The molecule has 76 heavy (non-hydrogen) atoms. The summed E-state index contributed by atoms with van der Waals surface area (Å²) in [7, 11) is 0. The molecule has 8 aromatic carbocycles. The number of fused-ring (bicyclic) bond motifs is 2. The lowest BCUT2D eigenvalue weighted by Gasteiger charge is -2.31. The number of imide groups is 2. The van der Waals surface area contributed by atoms with E-state index in [1.54, 1.807) is 42.5 Å². The molecule has 0 aliphatic carbocycles. The number of unbranched alkanes of at least 4 members (excludes halogenated alkanes) is 5. The maximum atomic E-state index is 15.3. The van der Waals surface area contributed by atoms with Gasteiger partial charge in [-0.05, 0) is 134 Å². The third-order valence-electron chi connectivity index (χ3n) is 15.6. The number of benzene rings is 8. The Hall–Kier alpha value is -7.39. The monoisotopic (exact) mass is 1010 g/mol. The van der Waals surface area contributed by atoms with Gasteiger partial charge in [-0.1, -0.05) is 146 Å². The van der Waals surface area contributed by atoms with Crippen LogP contribution >= 0.6 is 0 Å². The molecule has 0 unspecified atom stereocenters. The Morgan fingerprint density at radius 1 is 0.421 bits per heavy atom. The van der Waals surface area contributed by atoms with Crippen LogP contribution < -0.4 is 14.4 Å². The second-order valence-electron chi connectivity index (χ2n) is 25.3. The first-order valence-corrected chi connectivity index (χ1v) is 27.1. The minimum atomic E-state index is -0.549. The summed E-state index contributed by atoms with van der Waals surface area (Å²) in [6, 6.07) is 30.0. The molecule has 0 radical (unpaired) electrons. The van der Waals surface area contributed by atoms with Crippen molar-refractivity contribution in [1.29, 1.82) is 0 Å². The minimum Gasteiger partial charge on any atom is -0.457 e. The van der Waals surface area contributed by atoms with Gasteiger partial charge in [-0.15, -0.1) is 0 Å². The van der Waals surface area contributed by atoms with Crippen LogP contribution in [0.15, 0.2) is 97.1 Å². The Morgan fingerprint density at radius 3 is 1.25 bits per heavy atom. The van der Waals surface area contributed by atoms with Gasteiger partial charge in [0, 0.05) is 55.6 Å². The van der Waals surface area contributed by atoms with Crippen LogP contribution in [0.25, 0.3) is 43.1 Å². The first kappa shape index (κ1) is 52.1. The summed E-state index contributed by atoms with van der Waals surface area (Å²) < 4.78 is 14.5. The summed E-state index contributed by atoms with van der Waals surface area (Å²) in [5, 5.41) is 4.85. The predicted octanol–water partition coefficient (Wildman–Crippen LogP) is 17.1. The van der Waals surface area contributed by atoms with Gasteiger partial charge in [0.05, 0.1) is 16.8 Å². The third-order valence-corrected chi connectivity index (χ3v) is 15.6. The lowest BCUT2D eigenvalue weighted by Crippen LogP contribution is -2.41. The summed E-state index contributed by atoms with van der Waals surface area (Å²) in [4.78, 5) is 74.6. The van der Waals surface area contributed by atoms with E-state index in [9.17, 15) is 14.4 Å². The van der Waals surface area contributed by atoms with Gasteiger partial charge in [0.25, 0.3) is 23.6 Å². The van der Waals surface area contributed by atoms with Crippen LogP contribution in [0.2, 0.25) is 0 Å². The summed E-state index contributed by atoms with van der Waals surface area (Å²) in [5.41, 5.74) is 5.43. The van der Waals surface area contributed by atoms with E-state index in [4.69, 9.17) is 9.47 Å². The van der Waals surface area contributed by atoms with Crippen molar-refractivity contribution in [1.82, 2.24) is 4.90 Å². The van der Waals surface area contributed by atoms with Crippen molar-refractivity contribution in [3.8, 4) is 23.0 Å². The zero-order chi connectivity index (χ0) is 54.6. The van der Waals surface area contributed by atoms with E-state index in [1.807, 2.05) is 30.3 Å². The smallest absolute Gasteiger partial charge is 0.266 e. The largest absolute Gasteiger partial charge is 0.457 e. The van der Waals surface area contributed by atoms with Crippen molar-refractivity contribution in [3.05, 3.63) is 147 Å². The molecule has 0 spiro atoms. The maximum Gasteiger partial charge on any atom is 0.266 e.